The summed E-state index contributed by atoms with van der Waals surface area (Å²) >= 11 is 18.1. The minimum Gasteiger partial charge on any atom is -0.348 e. The van der Waals surface area contributed by atoms with E-state index >= 15 is 0 Å². The monoisotopic (exact) mass is 452 g/mol. The van der Waals surface area contributed by atoms with E-state index < -0.39 is 0 Å². The van der Waals surface area contributed by atoms with Crippen molar-refractivity contribution in [2.24, 2.45) is 12.8 Å². The highest BCUT2D eigenvalue weighted by Gasteiger charge is 2.26. The number of halogens is 3. The molecule has 1 atom stereocenters. The lowest BCUT2D eigenvalue weighted by atomic mass is 9.94. The molecule has 1 aromatic carbocycles. The van der Waals surface area contributed by atoms with Gasteiger partial charge < -0.3 is 11.1 Å². The van der Waals surface area contributed by atoms with Crippen LogP contribution in [0.5, 0.6) is 0 Å². The third-order valence-electron chi connectivity index (χ3n) is 4.61. The Bertz CT molecular complexity index is 1010. The standard InChI is InChI=1S/C20H19Cl2FN4OS/c1-27-19(17(22)10-25-27)14-8-18(29)15(7-16(14)21)20(28)26-13(9-24)6-11-3-2-4-12(23)5-11/h2-5,7,10,13H,6,8-9,24H2,1H3,(H,26,28)/t13-/m0/s1. The van der Waals surface area contributed by atoms with Gasteiger partial charge in [-0.15, -0.1) is 0 Å². The minimum absolute atomic E-state index is 0.196. The summed E-state index contributed by atoms with van der Waals surface area (Å²) in [7, 11) is 1.76. The number of carbonyl (C=O) groups excluding carboxylic acids is 1. The molecule has 1 amide bonds. The number of allylic oxidation sites excluding steroid dienone is 3. The second-order valence-electron chi connectivity index (χ2n) is 6.69. The zero-order valence-corrected chi connectivity index (χ0v) is 17.9. The normalized spacial score (nSPS) is 15.3. The molecule has 1 heterocycles. The number of aryl methyl sites for hydroxylation is 1. The van der Waals surface area contributed by atoms with Crippen LogP contribution in [-0.2, 0) is 18.3 Å². The van der Waals surface area contributed by atoms with Crippen molar-refractivity contribution in [3.63, 3.8) is 0 Å². The average Bonchev–Trinajstić information content (AvgIpc) is 3.01. The quantitative estimate of drug-likeness (QED) is 0.657. The molecule has 0 fully saturated rings. The molecular formula is C20H19Cl2FN4OS. The molecule has 0 saturated carbocycles. The number of nitrogens with zero attached hydrogens (tertiary/aromatic N) is 2. The third kappa shape index (κ3) is 4.93. The SMILES string of the molecule is Cn1ncc(Cl)c1C1=C(Cl)C=C(C(=O)N[C@H](CN)Cc2cccc(F)c2)C(=S)C1. The Morgan fingerprint density at radius 1 is 1.45 bits per heavy atom. The van der Waals surface area contributed by atoms with Gasteiger partial charge in [0.25, 0.3) is 5.91 Å². The fraction of sp³-hybridized carbons (Fsp3) is 0.250. The molecule has 1 aromatic heterocycles. The van der Waals surface area contributed by atoms with Crippen LogP contribution in [0.4, 0.5) is 4.39 Å². The van der Waals surface area contributed by atoms with Crippen LogP contribution in [0.3, 0.4) is 0 Å². The maximum absolute atomic E-state index is 13.4. The lowest BCUT2D eigenvalue weighted by Crippen LogP contribution is -2.43. The van der Waals surface area contributed by atoms with Crippen LogP contribution >= 0.6 is 35.4 Å². The molecule has 0 radical (unpaired) electrons. The minimum atomic E-state index is -0.372. The summed E-state index contributed by atoms with van der Waals surface area (Å²) in [5.41, 5.74) is 8.23. The first kappa shape index (κ1) is 21.6. The van der Waals surface area contributed by atoms with Gasteiger partial charge in [-0.25, -0.2) is 4.39 Å². The highest BCUT2D eigenvalue weighted by molar-refractivity contribution is 7.81. The fourth-order valence-electron chi connectivity index (χ4n) is 3.18. The van der Waals surface area contributed by atoms with Gasteiger partial charge in [-0.05, 0) is 30.2 Å². The van der Waals surface area contributed by atoms with Crippen molar-refractivity contribution >= 4 is 51.8 Å². The van der Waals surface area contributed by atoms with E-state index in [4.69, 9.17) is 41.2 Å². The molecule has 0 bridgehead atoms. The molecule has 0 aliphatic heterocycles. The van der Waals surface area contributed by atoms with Crippen molar-refractivity contribution in [3.05, 3.63) is 69.2 Å². The van der Waals surface area contributed by atoms with Gasteiger partial charge in [0.2, 0.25) is 0 Å². The lowest BCUT2D eigenvalue weighted by molar-refractivity contribution is -0.117. The Morgan fingerprint density at radius 2 is 2.21 bits per heavy atom. The Kier molecular flexibility index (Phi) is 6.85. The molecule has 3 rings (SSSR count). The van der Waals surface area contributed by atoms with E-state index in [0.717, 1.165) is 5.56 Å². The van der Waals surface area contributed by atoms with E-state index in [0.29, 0.717) is 44.6 Å². The number of benzene rings is 1. The summed E-state index contributed by atoms with van der Waals surface area (Å²) in [4.78, 5) is 13.2. The van der Waals surface area contributed by atoms with E-state index in [2.05, 4.69) is 10.4 Å². The zero-order valence-electron chi connectivity index (χ0n) is 15.6. The van der Waals surface area contributed by atoms with Gasteiger partial charge in [-0.2, -0.15) is 5.10 Å². The largest absolute Gasteiger partial charge is 0.348 e. The number of aromatic nitrogens is 2. The van der Waals surface area contributed by atoms with Gasteiger partial charge in [0.05, 0.1) is 22.5 Å². The van der Waals surface area contributed by atoms with Gasteiger partial charge in [0, 0.05) is 41.5 Å². The highest BCUT2D eigenvalue weighted by atomic mass is 35.5. The van der Waals surface area contributed by atoms with E-state index in [1.54, 1.807) is 23.9 Å². The van der Waals surface area contributed by atoms with Gasteiger partial charge in [0.1, 0.15) is 5.82 Å². The second-order valence-corrected chi connectivity index (χ2v) is 8.00. The predicted molar refractivity (Wildman–Crippen MR) is 117 cm³/mol. The van der Waals surface area contributed by atoms with Crippen LogP contribution in [0.15, 0.2) is 47.1 Å². The second kappa shape index (κ2) is 9.17. The van der Waals surface area contributed by atoms with Gasteiger partial charge in [-0.3, -0.25) is 9.48 Å². The highest BCUT2D eigenvalue weighted by Crippen LogP contribution is 2.35. The summed E-state index contributed by atoms with van der Waals surface area (Å²) in [6.45, 7) is 0.196. The van der Waals surface area contributed by atoms with Crippen LogP contribution in [0.25, 0.3) is 5.57 Å². The van der Waals surface area contributed by atoms with Crippen LogP contribution < -0.4 is 11.1 Å². The third-order valence-corrected chi connectivity index (χ3v) is 5.59. The summed E-state index contributed by atoms with van der Waals surface area (Å²) in [5.74, 6) is -0.700. The van der Waals surface area contributed by atoms with Crippen LogP contribution in [0.2, 0.25) is 5.02 Å². The molecule has 3 N–H and O–H groups in total. The Hall–Kier alpha value is -2.06. The zero-order chi connectivity index (χ0) is 21.1. The molecule has 5 nitrogen and oxygen atoms in total. The van der Waals surface area contributed by atoms with Crippen molar-refractivity contribution in [1.82, 2.24) is 15.1 Å². The number of carbonyl (C=O) groups is 1. The molecule has 0 unspecified atom stereocenters. The van der Waals surface area contributed by atoms with Crippen molar-refractivity contribution in [2.75, 3.05) is 6.54 Å². The molecule has 1 aliphatic carbocycles. The fourth-order valence-corrected chi connectivity index (χ4v) is 4.02. The van der Waals surface area contributed by atoms with Crippen molar-refractivity contribution in [1.29, 1.82) is 0 Å². The molecule has 0 saturated heterocycles. The lowest BCUT2D eigenvalue weighted by Gasteiger charge is -2.22. The maximum Gasteiger partial charge on any atom is 0.252 e. The number of hydrogen-bond donors (Lipinski definition) is 2. The van der Waals surface area contributed by atoms with Crippen LogP contribution in [0.1, 0.15) is 17.7 Å². The predicted octanol–water partition coefficient (Wildman–Crippen LogP) is 3.55. The first-order valence-electron chi connectivity index (χ1n) is 8.87. The average molecular weight is 453 g/mol. The number of nitrogens with one attached hydrogen (secondary N) is 1. The van der Waals surface area contributed by atoms with Crippen molar-refractivity contribution < 1.29 is 9.18 Å². The first-order valence-corrected chi connectivity index (χ1v) is 10.0. The van der Waals surface area contributed by atoms with E-state index in [-0.39, 0.29) is 24.3 Å². The van der Waals surface area contributed by atoms with E-state index in [1.165, 1.54) is 24.4 Å². The number of amides is 1. The topological polar surface area (TPSA) is 72.9 Å². The Morgan fingerprint density at radius 3 is 2.83 bits per heavy atom. The van der Waals surface area contributed by atoms with E-state index in [1.807, 2.05) is 0 Å². The smallest absolute Gasteiger partial charge is 0.252 e. The van der Waals surface area contributed by atoms with Crippen LogP contribution in [-0.4, -0.2) is 33.1 Å². The summed E-state index contributed by atoms with van der Waals surface area (Å²) < 4.78 is 15.0. The first-order chi connectivity index (χ1) is 13.8. The molecule has 29 heavy (non-hydrogen) atoms. The number of hydrogen-bond acceptors (Lipinski definition) is 4. The van der Waals surface area contributed by atoms with Crippen molar-refractivity contribution in [3.8, 4) is 0 Å². The molecular weight excluding hydrogens is 434 g/mol. The Labute approximate surface area is 183 Å². The Balaban J connectivity index is 1.79. The maximum atomic E-state index is 13.4. The summed E-state index contributed by atoms with van der Waals surface area (Å²) in [6.07, 6.45) is 3.77. The number of rotatable bonds is 6. The molecule has 152 valence electrons. The van der Waals surface area contributed by atoms with Crippen LogP contribution in [0, 0.1) is 5.82 Å². The molecule has 9 heteroatoms. The van der Waals surface area contributed by atoms with Gasteiger partial charge in [0.15, 0.2) is 0 Å². The summed E-state index contributed by atoms with van der Waals surface area (Å²) in [6, 6.07) is 5.82. The molecule has 1 aliphatic rings. The van der Waals surface area contributed by atoms with Gasteiger partial charge in [-0.1, -0.05) is 47.6 Å². The number of nitrogens with two attached hydrogens (primary N) is 1. The molecule has 2 aromatic rings. The molecule has 0 spiro atoms. The number of thiocarbonyl (C=S) groups is 1. The van der Waals surface area contributed by atoms with E-state index in [9.17, 15) is 9.18 Å². The van der Waals surface area contributed by atoms with Gasteiger partial charge >= 0.3 is 0 Å². The summed E-state index contributed by atoms with van der Waals surface area (Å²) in [5, 5.41) is 7.81. The van der Waals surface area contributed by atoms with Crippen molar-refractivity contribution in [2.45, 2.75) is 18.9 Å².